The molecule has 0 radical (unpaired) electrons. The zero-order valence-electron chi connectivity index (χ0n) is 17.9. The van der Waals surface area contributed by atoms with Gasteiger partial charge in [0.15, 0.2) is 5.71 Å². The van der Waals surface area contributed by atoms with Gasteiger partial charge < -0.3 is 4.57 Å². The molecule has 0 N–H and O–H groups in total. The molecule has 4 aromatic rings. The lowest BCUT2D eigenvalue weighted by Crippen LogP contribution is -2.25. The van der Waals surface area contributed by atoms with Crippen molar-refractivity contribution in [3.63, 3.8) is 0 Å². The number of nitrogens with zero attached hydrogens (tertiary/aromatic N) is 3. The molecule has 3 aromatic carbocycles. The van der Waals surface area contributed by atoms with Gasteiger partial charge >= 0.3 is 6.18 Å². The summed E-state index contributed by atoms with van der Waals surface area (Å²) in [5.41, 5.74) is 0.531. The van der Waals surface area contributed by atoms with E-state index < -0.39 is 23.4 Å². The van der Waals surface area contributed by atoms with Crippen LogP contribution in [0.1, 0.15) is 11.1 Å². The molecule has 35 heavy (non-hydrogen) atoms. The second kappa shape index (κ2) is 8.91. The summed E-state index contributed by atoms with van der Waals surface area (Å²) >= 11 is 12.3. The maximum Gasteiger partial charge on any atom is 0.435 e. The second-order valence-corrected chi connectivity index (χ2v) is 8.77. The molecule has 0 saturated heterocycles. The number of hydrogen-bond acceptors (Lipinski definition) is 2. The minimum Gasteiger partial charge on any atom is -0.342 e. The second-order valence-electron chi connectivity index (χ2n) is 7.92. The summed E-state index contributed by atoms with van der Waals surface area (Å²) in [5, 5.41) is 6.09. The third kappa shape index (κ3) is 4.45. The molecule has 1 amide bonds. The van der Waals surface area contributed by atoms with Gasteiger partial charge in [0.25, 0.3) is 5.91 Å². The SMILES string of the molecule is O=C1/C(=C\c2cn(Cc3ccc(Cl)cc3Cl)c3ccccc23)C(C(F)(F)F)=NN1c1ccccc1. The van der Waals surface area contributed by atoms with Crippen LogP contribution in [0.2, 0.25) is 10.0 Å². The summed E-state index contributed by atoms with van der Waals surface area (Å²) in [6, 6.07) is 20.4. The largest absolute Gasteiger partial charge is 0.435 e. The fraction of sp³-hybridized carbons (Fsp3) is 0.0769. The molecule has 4 nitrogen and oxygen atoms in total. The van der Waals surface area contributed by atoms with Crippen LogP contribution in [0.3, 0.4) is 0 Å². The number of benzene rings is 3. The molecule has 1 aliphatic heterocycles. The molecular weight excluding hydrogens is 498 g/mol. The Balaban J connectivity index is 1.61. The molecule has 1 aromatic heterocycles. The lowest BCUT2D eigenvalue weighted by molar-refractivity contribution is -0.114. The first kappa shape index (κ1) is 23.2. The van der Waals surface area contributed by atoms with E-state index in [1.807, 2.05) is 16.7 Å². The first-order valence-corrected chi connectivity index (χ1v) is 11.3. The third-order valence-electron chi connectivity index (χ3n) is 5.62. The fourth-order valence-corrected chi connectivity index (χ4v) is 4.48. The van der Waals surface area contributed by atoms with Crippen molar-refractivity contribution >= 4 is 57.5 Å². The van der Waals surface area contributed by atoms with Crippen molar-refractivity contribution in [3.05, 3.63) is 106 Å². The van der Waals surface area contributed by atoms with Crippen molar-refractivity contribution in [2.45, 2.75) is 12.7 Å². The lowest BCUT2D eigenvalue weighted by Gasteiger charge is -2.10. The van der Waals surface area contributed by atoms with Gasteiger partial charge in [-0.25, -0.2) is 0 Å². The zero-order chi connectivity index (χ0) is 24.7. The highest BCUT2D eigenvalue weighted by Gasteiger charge is 2.46. The van der Waals surface area contributed by atoms with Crippen LogP contribution in [0.25, 0.3) is 17.0 Å². The van der Waals surface area contributed by atoms with E-state index in [0.717, 1.165) is 16.1 Å². The number of aromatic nitrogens is 1. The van der Waals surface area contributed by atoms with Gasteiger partial charge in [0, 0.05) is 39.3 Å². The van der Waals surface area contributed by atoms with Crippen LogP contribution in [0, 0.1) is 0 Å². The Morgan fingerprint density at radius 3 is 2.37 bits per heavy atom. The predicted octanol–water partition coefficient (Wildman–Crippen LogP) is 7.34. The van der Waals surface area contributed by atoms with Gasteiger partial charge in [-0.1, -0.05) is 65.7 Å². The Bertz CT molecular complexity index is 1510. The van der Waals surface area contributed by atoms with E-state index in [4.69, 9.17) is 23.2 Å². The van der Waals surface area contributed by atoms with Crippen LogP contribution in [0.4, 0.5) is 18.9 Å². The van der Waals surface area contributed by atoms with Gasteiger partial charge in [-0.05, 0) is 42.0 Å². The minimum absolute atomic E-state index is 0.252. The first-order chi connectivity index (χ1) is 16.7. The van der Waals surface area contributed by atoms with Crippen LogP contribution in [0.15, 0.2) is 89.7 Å². The zero-order valence-corrected chi connectivity index (χ0v) is 19.4. The quantitative estimate of drug-likeness (QED) is 0.263. The lowest BCUT2D eigenvalue weighted by atomic mass is 10.1. The van der Waals surface area contributed by atoms with E-state index in [-0.39, 0.29) is 5.69 Å². The Hall–Kier alpha value is -3.55. The summed E-state index contributed by atoms with van der Waals surface area (Å²) in [5.74, 6) is -0.846. The van der Waals surface area contributed by atoms with Gasteiger partial charge in [0.1, 0.15) is 0 Å². The molecule has 0 unspecified atom stereocenters. The van der Waals surface area contributed by atoms with E-state index in [2.05, 4.69) is 5.10 Å². The summed E-state index contributed by atoms with van der Waals surface area (Å²) in [4.78, 5) is 13.1. The van der Waals surface area contributed by atoms with Crippen molar-refractivity contribution in [1.29, 1.82) is 0 Å². The van der Waals surface area contributed by atoms with Gasteiger partial charge in [0.05, 0.1) is 11.3 Å². The molecule has 176 valence electrons. The Morgan fingerprint density at radius 2 is 1.66 bits per heavy atom. The number of rotatable bonds is 4. The van der Waals surface area contributed by atoms with E-state index in [1.165, 1.54) is 18.2 Å². The number of carbonyl (C=O) groups is 1. The summed E-state index contributed by atoms with van der Waals surface area (Å²) in [7, 11) is 0. The summed E-state index contributed by atoms with van der Waals surface area (Å²) < 4.78 is 43.5. The average molecular weight is 514 g/mol. The number of halogens is 5. The number of amides is 1. The Labute approximate surface area is 208 Å². The van der Waals surface area contributed by atoms with E-state index in [9.17, 15) is 18.0 Å². The standard InChI is InChI=1S/C26H16Cl2F3N3O/c27-18-11-10-16(22(28)13-18)14-33-15-17(20-8-4-5-9-23(20)33)12-21-24(26(29,30)31)32-34(25(21)35)19-6-2-1-3-7-19/h1-13,15H,14H2/b21-12-. The van der Waals surface area contributed by atoms with Gasteiger partial charge in [-0.15, -0.1) is 0 Å². The van der Waals surface area contributed by atoms with Crippen molar-refractivity contribution in [2.75, 3.05) is 5.01 Å². The molecule has 2 heterocycles. The highest BCUT2D eigenvalue weighted by atomic mass is 35.5. The van der Waals surface area contributed by atoms with Gasteiger partial charge in [-0.3, -0.25) is 4.79 Å². The molecule has 9 heteroatoms. The number of carbonyl (C=O) groups excluding carboxylic acids is 1. The van der Waals surface area contributed by atoms with Gasteiger partial charge in [-0.2, -0.15) is 23.3 Å². The number of hydrogen-bond donors (Lipinski definition) is 0. The topological polar surface area (TPSA) is 37.6 Å². The van der Waals surface area contributed by atoms with Crippen LogP contribution in [-0.4, -0.2) is 22.4 Å². The molecule has 0 aliphatic carbocycles. The van der Waals surface area contributed by atoms with Crippen molar-refractivity contribution in [1.82, 2.24) is 4.57 Å². The average Bonchev–Trinajstić information content (AvgIpc) is 3.34. The third-order valence-corrected chi connectivity index (χ3v) is 6.21. The van der Waals surface area contributed by atoms with E-state index in [0.29, 0.717) is 27.5 Å². The molecule has 0 fully saturated rings. The number of hydrazone groups is 1. The Morgan fingerprint density at radius 1 is 0.943 bits per heavy atom. The summed E-state index contributed by atoms with van der Waals surface area (Å²) in [6.07, 6.45) is -1.85. The molecule has 5 rings (SSSR count). The number of fused-ring (bicyclic) bond motifs is 1. The highest BCUT2D eigenvalue weighted by molar-refractivity contribution is 6.35. The summed E-state index contributed by atoms with van der Waals surface area (Å²) in [6.45, 7) is 0.365. The van der Waals surface area contributed by atoms with Crippen LogP contribution in [0.5, 0.6) is 0 Å². The van der Waals surface area contributed by atoms with Crippen molar-refractivity contribution < 1.29 is 18.0 Å². The van der Waals surface area contributed by atoms with Crippen LogP contribution >= 0.6 is 23.2 Å². The van der Waals surface area contributed by atoms with E-state index >= 15 is 0 Å². The smallest absolute Gasteiger partial charge is 0.342 e. The fourth-order valence-electron chi connectivity index (χ4n) is 4.01. The van der Waals surface area contributed by atoms with Crippen molar-refractivity contribution in [2.24, 2.45) is 5.10 Å². The molecular formula is C26H16Cl2F3N3O. The van der Waals surface area contributed by atoms with E-state index in [1.54, 1.807) is 54.7 Å². The van der Waals surface area contributed by atoms with Crippen LogP contribution < -0.4 is 5.01 Å². The number of anilines is 1. The molecule has 1 aliphatic rings. The normalized spacial score (nSPS) is 15.3. The molecule has 0 atom stereocenters. The maximum atomic E-state index is 13.9. The Kier molecular flexibility index (Phi) is 5.91. The monoisotopic (exact) mass is 513 g/mol. The van der Waals surface area contributed by atoms with Crippen LogP contribution in [-0.2, 0) is 11.3 Å². The van der Waals surface area contributed by atoms with Gasteiger partial charge in [0.2, 0.25) is 0 Å². The maximum absolute atomic E-state index is 13.9. The molecule has 0 spiro atoms. The predicted molar refractivity (Wildman–Crippen MR) is 133 cm³/mol. The molecule has 0 bridgehead atoms. The minimum atomic E-state index is -4.81. The molecule has 0 saturated carbocycles. The first-order valence-electron chi connectivity index (χ1n) is 10.5. The highest BCUT2D eigenvalue weighted by Crippen LogP contribution is 2.34. The van der Waals surface area contributed by atoms with Crippen molar-refractivity contribution in [3.8, 4) is 0 Å². The number of para-hydroxylation sites is 2. The number of alkyl halides is 3.